The van der Waals surface area contributed by atoms with Gasteiger partial charge in [-0.2, -0.15) is 4.98 Å². The molecule has 0 aliphatic heterocycles. The van der Waals surface area contributed by atoms with Crippen molar-refractivity contribution in [2.75, 3.05) is 0 Å². The lowest BCUT2D eigenvalue weighted by molar-refractivity contribution is 0.350. The number of benzene rings is 1. The summed E-state index contributed by atoms with van der Waals surface area (Å²) in [5, 5.41) is 4.28. The second kappa shape index (κ2) is 9.05. The first kappa shape index (κ1) is 22.7. The molecule has 0 fully saturated rings. The number of rotatable bonds is 7. The molecular weight excluding hydrogens is 404 g/mol. The second-order valence-electron chi connectivity index (χ2n) is 8.04. The van der Waals surface area contributed by atoms with Crippen molar-refractivity contribution in [3.8, 4) is 11.6 Å². The van der Waals surface area contributed by atoms with E-state index in [0.717, 1.165) is 16.7 Å². The molecule has 32 heavy (non-hydrogen) atoms. The number of aromatic nitrogens is 3. The van der Waals surface area contributed by atoms with Crippen LogP contribution in [0.4, 0.5) is 0 Å². The quantitative estimate of drug-likeness (QED) is 0.552. The van der Waals surface area contributed by atoms with Crippen LogP contribution < -0.4 is 17.0 Å². The van der Waals surface area contributed by atoms with Crippen LogP contribution in [0.1, 0.15) is 37.7 Å². The molecule has 2 heterocycles. The van der Waals surface area contributed by atoms with Crippen molar-refractivity contribution < 1.29 is 4.52 Å². The third kappa shape index (κ3) is 4.25. The minimum Gasteiger partial charge on any atom is -0.404 e. The van der Waals surface area contributed by atoms with Crippen molar-refractivity contribution in [2.24, 2.45) is 29.4 Å². The maximum Gasteiger partial charge on any atom is 0.274 e. The van der Waals surface area contributed by atoms with Gasteiger partial charge >= 0.3 is 0 Å². The summed E-state index contributed by atoms with van der Waals surface area (Å²) in [6.07, 6.45) is 3.05. The van der Waals surface area contributed by atoms with Crippen LogP contribution in [0.25, 0.3) is 17.2 Å². The molecule has 166 valence electrons. The Hall–Kier alpha value is -3.94. The molecule has 0 aliphatic rings. The third-order valence-corrected chi connectivity index (χ3v) is 5.82. The van der Waals surface area contributed by atoms with E-state index in [0.29, 0.717) is 17.4 Å². The van der Waals surface area contributed by atoms with Gasteiger partial charge in [-0.05, 0) is 30.0 Å². The molecule has 0 radical (unpaired) electrons. The van der Waals surface area contributed by atoms with Gasteiger partial charge in [0.05, 0.1) is 5.41 Å². The molecule has 0 saturated carbocycles. The van der Waals surface area contributed by atoms with Gasteiger partial charge < -0.3 is 20.6 Å². The van der Waals surface area contributed by atoms with E-state index in [9.17, 15) is 4.79 Å². The Balaban J connectivity index is 2.01. The summed E-state index contributed by atoms with van der Waals surface area (Å²) in [7, 11) is 1.67. The van der Waals surface area contributed by atoms with E-state index in [4.69, 9.17) is 16.0 Å². The highest BCUT2D eigenvalue weighted by Crippen LogP contribution is 2.38. The minimum atomic E-state index is -0.528. The molecular formula is C24H28N6O2. The summed E-state index contributed by atoms with van der Waals surface area (Å²) < 4.78 is 7.04. The fourth-order valence-corrected chi connectivity index (χ4v) is 3.41. The van der Waals surface area contributed by atoms with Gasteiger partial charge in [-0.15, -0.1) is 0 Å². The summed E-state index contributed by atoms with van der Waals surface area (Å²) in [5.41, 5.74) is 13.8. The van der Waals surface area contributed by atoms with Gasteiger partial charge in [-0.25, -0.2) is 4.99 Å². The molecule has 8 heteroatoms. The van der Waals surface area contributed by atoms with Crippen molar-refractivity contribution in [2.45, 2.75) is 26.2 Å². The number of hydrogen-bond acceptors (Lipinski definition) is 7. The van der Waals surface area contributed by atoms with Gasteiger partial charge in [0.25, 0.3) is 11.4 Å². The molecule has 1 atom stereocenters. The topological polar surface area (TPSA) is 125 Å². The highest BCUT2D eigenvalue weighted by molar-refractivity contribution is 6.09. The van der Waals surface area contributed by atoms with Gasteiger partial charge in [-0.3, -0.25) is 4.79 Å². The number of pyridine rings is 1. The SMILES string of the molecule is C=C(N)N=C/C(=C\N)c1ccc(C(C)(c2noc(-c3cccc(=O)n3C)n2)C(C)C)cc1. The number of aliphatic imine (C=N–C) groups is 1. The van der Waals surface area contributed by atoms with Crippen LogP contribution in [-0.4, -0.2) is 20.9 Å². The first-order chi connectivity index (χ1) is 15.2. The molecule has 8 nitrogen and oxygen atoms in total. The fourth-order valence-electron chi connectivity index (χ4n) is 3.41. The molecule has 0 amide bonds. The first-order valence-corrected chi connectivity index (χ1v) is 10.2. The molecule has 1 aromatic carbocycles. The van der Waals surface area contributed by atoms with Crippen molar-refractivity contribution in [1.29, 1.82) is 0 Å². The Labute approximate surface area is 187 Å². The average Bonchev–Trinajstić information content (AvgIpc) is 3.26. The first-order valence-electron chi connectivity index (χ1n) is 10.2. The number of allylic oxidation sites excluding steroid dienone is 1. The minimum absolute atomic E-state index is 0.144. The largest absolute Gasteiger partial charge is 0.404 e. The highest BCUT2D eigenvalue weighted by atomic mass is 16.5. The summed E-state index contributed by atoms with van der Waals surface area (Å²) in [6.45, 7) is 9.84. The monoisotopic (exact) mass is 432 g/mol. The van der Waals surface area contributed by atoms with E-state index in [1.165, 1.54) is 16.8 Å². The molecule has 0 aliphatic carbocycles. The van der Waals surface area contributed by atoms with E-state index in [-0.39, 0.29) is 17.3 Å². The smallest absolute Gasteiger partial charge is 0.274 e. The van der Waals surface area contributed by atoms with E-state index < -0.39 is 5.41 Å². The normalized spacial score (nSPS) is 14.1. The zero-order chi connectivity index (χ0) is 23.5. The van der Waals surface area contributed by atoms with Crippen molar-refractivity contribution in [3.63, 3.8) is 0 Å². The lowest BCUT2D eigenvalue weighted by atomic mass is 9.72. The number of nitrogens with two attached hydrogens (primary N) is 2. The summed E-state index contributed by atoms with van der Waals surface area (Å²) in [5.74, 6) is 1.21. The fraction of sp³-hybridized carbons (Fsp3) is 0.250. The summed E-state index contributed by atoms with van der Waals surface area (Å²) >= 11 is 0. The maximum absolute atomic E-state index is 12.0. The third-order valence-electron chi connectivity index (χ3n) is 5.82. The summed E-state index contributed by atoms with van der Waals surface area (Å²) in [4.78, 5) is 20.7. The van der Waals surface area contributed by atoms with Crippen LogP contribution in [0.5, 0.6) is 0 Å². The molecule has 4 N–H and O–H groups in total. The second-order valence-corrected chi connectivity index (χ2v) is 8.04. The Kier molecular flexibility index (Phi) is 6.43. The van der Waals surface area contributed by atoms with Gasteiger partial charge in [-0.1, -0.05) is 55.9 Å². The standard InChI is InChI=1S/C24H28N6O2/c1-15(2)24(4,19-11-9-17(10-12-19)18(13-25)14-27-16(3)26)23-28-22(32-29-23)20-7-6-8-21(31)30(20)5/h6-15H,3,25-26H2,1-2,4-5H3/b18-13+,27-14?. The van der Waals surface area contributed by atoms with Gasteiger partial charge in [0, 0.05) is 31.1 Å². The van der Waals surface area contributed by atoms with Crippen molar-refractivity contribution in [3.05, 3.63) is 88.4 Å². The molecule has 3 aromatic rings. The van der Waals surface area contributed by atoms with Gasteiger partial charge in [0.2, 0.25) is 0 Å². The zero-order valence-electron chi connectivity index (χ0n) is 18.7. The lowest BCUT2D eigenvalue weighted by Gasteiger charge is -2.31. The average molecular weight is 433 g/mol. The van der Waals surface area contributed by atoms with E-state index in [1.54, 1.807) is 25.4 Å². The van der Waals surface area contributed by atoms with Crippen molar-refractivity contribution >= 4 is 11.8 Å². The van der Waals surface area contributed by atoms with E-state index >= 15 is 0 Å². The van der Waals surface area contributed by atoms with Crippen molar-refractivity contribution in [1.82, 2.24) is 14.7 Å². The summed E-state index contributed by atoms with van der Waals surface area (Å²) in [6, 6.07) is 12.9. The lowest BCUT2D eigenvalue weighted by Crippen LogP contribution is -2.31. The van der Waals surface area contributed by atoms with Crippen LogP contribution in [0.3, 0.4) is 0 Å². The van der Waals surface area contributed by atoms with Crippen LogP contribution >= 0.6 is 0 Å². The zero-order valence-corrected chi connectivity index (χ0v) is 18.7. The van der Waals surface area contributed by atoms with E-state index in [1.807, 2.05) is 24.3 Å². The predicted octanol–water partition coefficient (Wildman–Crippen LogP) is 3.20. The Morgan fingerprint density at radius 3 is 2.53 bits per heavy atom. The molecule has 3 rings (SSSR count). The molecule has 0 spiro atoms. The number of hydrogen-bond donors (Lipinski definition) is 2. The Morgan fingerprint density at radius 1 is 1.25 bits per heavy atom. The van der Waals surface area contributed by atoms with Crippen LogP contribution in [0.2, 0.25) is 0 Å². The Morgan fingerprint density at radius 2 is 1.94 bits per heavy atom. The Bertz CT molecular complexity index is 1230. The van der Waals surface area contributed by atoms with E-state index in [2.05, 4.69) is 42.5 Å². The molecule has 0 saturated heterocycles. The molecule has 2 aromatic heterocycles. The molecule has 0 bridgehead atoms. The number of nitrogens with zero attached hydrogens (tertiary/aromatic N) is 4. The predicted molar refractivity (Wildman–Crippen MR) is 127 cm³/mol. The highest BCUT2D eigenvalue weighted by Gasteiger charge is 2.37. The maximum atomic E-state index is 12.0. The van der Waals surface area contributed by atoms with Crippen LogP contribution in [0.15, 0.2) is 75.4 Å². The molecule has 1 unspecified atom stereocenters. The van der Waals surface area contributed by atoms with Crippen LogP contribution in [-0.2, 0) is 12.5 Å². The van der Waals surface area contributed by atoms with Gasteiger partial charge in [0.1, 0.15) is 11.5 Å². The van der Waals surface area contributed by atoms with Gasteiger partial charge in [0.15, 0.2) is 5.82 Å². The van der Waals surface area contributed by atoms with Crippen LogP contribution in [0, 0.1) is 5.92 Å².